The van der Waals surface area contributed by atoms with Crippen LogP contribution in [0, 0.1) is 0 Å². The van der Waals surface area contributed by atoms with Crippen molar-refractivity contribution < 1.29 is 37.3 Å². The molecule has 0 bridgehead atoms. The molecule has 0 aromatic carbocycles. The van der Waals surface area contributed by atoms with Gasteiger partial charge in [-0.2, -0.15) is 0 Å². The van der Waals surface area contributed by atoms with Crippen molar-refractivity contribution in [2.75, 3.05) is 40.9 Å². The second-order valence-electron chi connectivity index (χ2n) is 27.9. The van der Waals surface area contributed by atoms with E-state index in [0.29, 0.717) is 17.4 Å². The smallest absolute Gasteiger partial charge is 0.306 e. The Kier molecular flexibility index (Phi) is 67.8. The standard InChI is InChI=1S/C80H151N2O7P/c1-7-10-13-16-19-22-25-28-30-32-34-36-38-40-41-43-45-47-49-51-53-55-58-61-64-67-70-73-80(84)89-78(71-68-65-62-59-56-27-24-21-18-15-12-9-3)77(76-88-90(85,86)87-75-74-82(4,5)6)81-79(83)72-69-66-63-60-57-54-52-50-48-46-44-42-39-37-35-33-31-29-26-23-20-17-14-11-8-2/h19-20,22-23,28-31,68,71,77-78H,7-18,21,24-27,32-67,69-70,72-76H2,1-6H3,(H-,81,83,85,86)/b22-19-,23-20-,30-28-,31-29-,71-68+. The highest BCUT2D eigenvalue weighted by Crippen LogP contribution is 2.38. The molecule has 0 fully saturated rings. The van der Waals surface area contributed by atoms with E-state index in [1.807, 2.05) is 33.3 Å². The average molecular weight is 1280 g/mol. The molecule has 0 heterocycles. The average Bonchev–Trinajstić information content (AvgIpc) is 3.12. The van der Waals surface area contributed by atoms with Crippen molar-refractivity contribution in [1.29, 1.82) is 0 Å². The zero-order valence-corrected chi connectivity index (χ0v) is 61.5. The van der Waals surface area contributed by atoms with Crippen molar-refractivity contribution in [3.05, 3.63) is 60.8 Å². The van der Waals surface area contributed by atoms with Crippen LogP contribution >= 0.6 is 7.82 Å². The predicted molar refractivity (Wildman–Crippen MR) is 390 cm³/mol. The van der Waals surface area contributed by atoms with Crippen molar-refractivity contribution in [1.82, 2.24) is 5.32 Å². The number of hydrogen-bond acceptors (Lipinski definition) is 7. The summed E-state index contributed by atoms with van der Waals surface area (Å²) in [5, 5.41) is 3.06. The summed E-state index contributed by atoms with van der Waals surface area (Å²) in [5.74, 6) is -0.522. The quantitative estimate of drug-likeness (QED) is 0.0212. The summed E-state index contributed by atoms with van der Waals surface area (Å²) >= 11 is 0. The second kappa shape index (κ2) is 69.5. The van der Waals surface area contributed by atoms with Crippen LogP contribution in [0.15, 0.2) is 60.8 Å². The van der Waals surface area contributed by atoms with Crippen molar-refractivity contribution in [2.24, 2.45) is 0 Å². The van der Waals surface area contributed by atoms with Gasteiger partial charge in [0.2, 0.25) is 5.91 Å². The number of phosphoric ester groups is 1. The lowest BCUT2D eigenvalue weighted by molar-refractivity contribution is -0.870. The zero-order chi connectivity index (χ0) is 65.6. The van der Waals surface area contributed by atoms with Crippen LogP contribution in [-0.4, -0.2) is 69.4 Å². The van der Waals surface area contributed by atoms with Crippen molar-refractivity contribution in [3.63, 3.8) is 0 Å². The van der Waals surface area contributed by atoms with E-state index in [9.17, 15) is 19.0 Å². The van der Waals surface area contributed by atoms with Gasteiger partial charge in [0.15, 0.2) is 0 Å². The van der Waals surface area contributed by atoms with E-state index in [1.54, 1.807) is 0 Å². The zero-order valence-electron chi connectivity index (χ0n) is 60.6. The molecular formula is C80H151N2O7P. The SMILES string of the molecule is CCCCC/C=C\C/C=C\CCCCCCCCCCCCCCCCCCCC(=O)OC(/C=C/CCCCCCCCCCCC)C(COP(=O)([O-])OCC[N+](C)(C)C)NC(=O)CCCCCCCCCCCCCCCCC/C=C\C/C=C\CCCCC. The molecule has 0 aromatic rings. The van der Waals surface area contributed by atoms with E-state index >= 15 is 0 Å². The van der Waals surface area contributed by atoms with Crippen LogP contribution in [0.1, 0.15) is 387 Å². The lowest BCUT2D eigenvalue weighted by Crippen LogP contribution is -2.47. The van der Waals surface area contributed by atoms with Crippen molar-refractivity contribution in [2.45, 2.75) is 399 Å². The Labute approximate surface area is 560 Å². The Bertz CT molecular complexity index is 1720. The van der Waals surface area contributed by atoms with Crippen LogP contribution < -0.4 is 10.2 Å². The molecule has 0 aliphatic heterocycles. The molecule has 0 aromatic heterocycles. The number of allylic oxidation sites excluding steroid dienone is 9. The summed E-state index contributed by atoms with van der Waals surface area (Å²) in [6.45, 7) is 6.85. The first-order valence-electron chi connectivity index (χ1n) is 39.1. The van der Waals surface area contributed by atoms with E-state index < -0.39 is 20.0 Å². The van der Waals surface area contributed by atoms with Gasteiger partial charge in [-0.15, -0.1) is 0 Å². The Balaban J connectivity index is 4.91. The minimum Gasteiger partial charge on any atom is -0.756 e. The first-order chi connectivity index (χ1) is 43.9. The van der Waals surface area contributed by atoms with E-state index in [4.69, 9.17) is 13.8 Å². The molecule has 0 radical (unpaired) electrons. The molecular weight excluding hydrogens is 1130 g/mol. The maximum absolute atomic E-state index is 13.6. The lowest BCUT2D eigenvalue weighted by Gasteiger charge is -2.30. The molecule has 10 heteroatoms. The monoisotopic (exact) mass is 1280 g/mol. The Morgan fingerprint density at radius 1 is 0.389 bits per heavy atom. The van der Waals surface area contributed by atoms with Gasteiger partial charge in [-0.25, -0.2) is 0 Å². The minimum absolute atomic E-state index is 0.0208. The number of likely N-dealkylation sites (N-methyl/N-ethyl adjacent to an activating group) is 1. The third-order valence-corrected chi connectivity index (χ3v) is 18.6. The topological polar surface area (TPSA) is 114 Å². The van der Waals surface area contributed by atoms with Gasteiger partial charge in [0.05, 0.1) is 33.8 Å². The van der Waals surface area contributed by atoms with Crippen LogP contribution in [0.3, 0.4) is 0 Å². The van der Waals surface area contributed by atoms with Gasteiger partial charge in [-0.1, -0.05) is 339 Å². The number of quaternary nitrogens is 1. The number of nitrogens with one attached hydrogen (secondary N) is 1. The minimum atomic E-state index is -4.71. The summed E-state index contributed by atoms with van der Waals surface area (Å²) in [7, 11) is 1.20. The first kappa shape index (κ1) is 87.7. The molecule has 3 atom stereocenters. The summed E-state index contributed by atoms with van der Waals surface area (Å²) in [5.41, 5.74) is 0. The Morgan fingerprint density at radius 3 is 1.02 bits per heavy atom. The summed E-state index contributed by atoms with van der Waals surface area (Å²) < 4.78 is 30.5. The highest BCUT2D eigenvalue weighted by atomic mass is 31.2. The fraction of sp³-hybridized carbons (Fsp3) is 0.850. The molecule has 1 amide bonds. The van der Waals surface area contributed by atoms with Crippen molar-refractivity contribution >= 4 is 19.7 Å². The summed E-state index contributed by atoms with van der Waals surface area (Å²) in [6, 6.07) is -0.889. The van der Waals surface area contributed by atoms with Gasteiger partial charge in [-0.05, 0) is 96.0 Å². The molecule has 0 rings (SSSR count). The number of ether oxygens (including phenoxy) is 1. The fourth-order valence-corrected chi connectivity index (χ4v) is 12.4. The molecule has 0 saturated heterocycles. The van der Waals surface area contributed by atoms with E-state index in [0.717, 1.165) is 70.6 Å². The number of carbonyl (C=O) groups is 2. The lowest BCUT2D eigenvalue weighted by atomic mass is 10.0. The van der Waals surface area contributed by atoms with Crippen molar-refractivity contribution in [3.8, 4) is 0 Å². The molecule has 1 N–H and O–H groups in total. The molecule has 0 spiro atoms. The third-order valence-electron chi connectivity index (χ3n) is 17.7. The number of rotatable bonds is 72. The number of amides is 1. The Hall–Kier alpha value is -2.29. The van der Waals surface area contributed by atoms with E-state index in [-0.39, 0.29) is 31.5 Å². The maximum Gasteiger partial charge on any atom is 0.306 e. The van der Waals surface area contributed by atoms with Crippen LogP contribution in [0.4, 0.5) is 0 Å². The molecule has 0 saturated carbocycles. The number of phosphoric acid groups is 1. The number of nitrogens with zero attached hydrogens (tertiary/aromatic N) is 1. The number of unbranched alkanes of at least 4 members (excludes halogenated alkanes) is 48. The summed E-state index contributed by atoms with van der Waals surface area (Å²) in [4.78, 5) is 40.3. The molecule has 9 nitrogen and oxygen atoms in total. The van der Waals surface area contributed by atoms with Gasteiger partial charge in [0.25, 0.3) is 7.82 Å². The van der Waals surface area contributed by atoms with Crippen LogP contribution in [0.5, 0.6) is 0 Å². The highest BCUT2D eigenvalue weighted by molar-refractivity contribution is 7.45. The van der Waals surface area contributed by atoms with Gasteiger partial charge >= 0.3 is 5.97 Å². The number of esters is 1. The molecule has 3 unspecified atom stereocenters. The fourth-order valence-electron chi connectivity index (χ4n) is 11.6. The number of carbonyl (C=O) groups excluding carboxylic acids is 2. The molecule has 0 aliphatic rings. The third kappa shape index (κ3) is 70.0. The number of hydrogen-bond donors (Lipinski definition) is 1. The van der Waals surface area contributed by atoms with Gasteiger partial charge < -0.3 is 28.5 Å². The normalized spacial score (nSPS) is 13.7. The predicted octanol–water partition coefficient (Wildman–Crippen LogP) is 24.7. The van der Waals surface area contributed by atoms with Crippen LogP contribution in [-0.2, 0) is 27.9 Å². The maximum atomic E-state index is 13.6. The first-order valence-corrected chi connectivity index (χ1v) is 40.6. The van der Waals surface area contributed by atoms with E-state index in [2.05, 4.69) is 74.7 Å². The Morgan fingerprint density at radius 2 is 0.678 bits per heavy atom. The van der Waals surface area contributed by atoms with Crippen LogP contribution in [0.2, 0.25) is 0 Å². The molecule has 0 aliphatic carbocycles. The van der Waals surface area contributed by atoms with Crippen LogP contribution in [0.25, 0.3) is 0 Å². The molecule has 528 valence electrons. The second-order valence-corrected chi connectivity index (χ2v) is 29.3. The largest absolute Gasteiger partial charge is 0.756 e. The van der Waals surface area contributed by atoms with Gasteiger partial charge in [0, 0.05) is 12.8 Å². The molecule has 90 heavy (non-hydrogen) atoms. The van der Waals surface area contributed by atoms with Gasteiger partial charge in [-0.3, -0.25) is 14.2 Å². The highest BCUT2D eigenvalue weighted by Gasteiger charge is 2.27. The summed E-state index contributed by atoms with van der Waals surface area (Å²) in [6.07, 6.45) is 90.8. The van der Waals surface area contributed by atoms with E-state index in [1.165, 1.54) is 283 Å². The van der Waals surface area contributed by atoms with Gasteiger partial charge in [0.1, 0.15) is 19.3 Å².